The summed E-state index contributed by atoms with van der Waals surface area (Å²) >= 11 is 3.42. The van der Waals surface area contributed by atoms with E-state index in [1.54, 1.807) is 0 Å². The van der Waals surface area contributed by atoms with Crippen molar-refractivity contribution in [3.8, 4) is 0 Å². The van der Waals surface area contributed by atoms with Crippen LogP contribution in [0.5, 0.6) is 0 Å². The Morgan fingerprint density at radius 2 is 1.69 bits per heavy atom. The van der Waals surface area contributed by atoms with Gasteiger partial charge in [-0.1, -0.05) is 28.1 Å². The predicted molar refractivity (Wildman–Crippen MR) is 70.4 cm³/mol. The van der Waals surface area contributed by atoms with Crippen LogP contribution in [0.4, 0.5) is 0 Å². The van der Waals surface area contributed by atoms with Gasteiger partial charge in [0.25, 0.3) is 0 Å². The van der Waals surface area contributed by atoms with Crippen molar-refractivity contribution in [1.29, 1.82) is 0 Å². The molecule has 3 rings (SSSR count). The summed E-state index contributed by atoms with van der Waals surface area (Å²) in [5.41, 5.74) is 2.55. The Labute approximate surface area is 101 Å². The molecule has 16 heavy (non-hydrogen) atoms. The van der Waals surface area contributed by atoms with Gasteiger partial charge < -0.3 is 9.44 Å². The third-order valence-corrected chi connectivity index (χ3v) is 3.18. The molecule has 0 aliphatic rings. The van der Waals surface area contributed by atoms with E-state index in [9.17, 15) is 0 Å². The molecule has 0 aliphatic heterocycles. The molecule has 1 aromatic heterocycles. The number of furan rings is 1. The maximum Gasteiger partial charge on any atom is 0.304 e. The van der Waals surface area contributed by atoms with Gasteiger partial charge in [0.2, 0.25) is 0 Å². The van der Waals surface area contributed by atoms with E-state index in [0.717, 1.165) is 31.9 Å². The second kappa shape index (κ2) is 3.65. The van der Waals surface area contributed by atoms with Crippen LogP contribution < -0.4 is 5.46 Å². The number of hydrogen-bond acceptors (Lipinski definition) is 2. The number of benzene rings is 2. The topological polar surface area (TPSA) is 33.4 Å². The minimum absolute atomic E-state index is 0.0384. The summed E-state index contributed by atoms with van der Waals surface area (Å²) in [7, 11) is 0.0384. The van der Waals surface area contributed by atoms with E-state index in [1.165, 1.54) is 0 Å². The zero-order valence-electron chi connectivity index (χ0n) is 8.40. The largest absolute Gasteiger partial charge is 0.456 e. The lowest BCUT2D eigenvalue weighted by molar-refractivity contribution is 0.615. The van der Waals surface area contributed by atoms with E-state index in [4.69, 9.17) is 9.44 Å². The van der Waals surface area contributed by atoms with Gasteiger partial charge in [-0.2, -0.15) is 0 Å². The van der Waals surface area contributed by atoms with Gasteiger partial charge in [-0.05, 0) is 29.7 Å². The average Bonchev–Trinajstić information content (AvgIpc) is 2.64. The molecule has 3 aromatic rings. The Morgan fingerprint density at radius 3 is 2.44 bits per heavy atom. The Kier molecular flexibility index (Phi) is 2.26. The van der Waals surface area contributed by atoms with Crippen LogP contribution >= 0.6 is 15.9 Å². The highest BCUT2D eigenvalue weighted by molar-refractivity contribution is 9.10. The molecule has 78 valence electrons. The molecule has 0 unspecified atom stereocenters. The molecule has 1 N–H and O–H groups in total. The summed E-state index contributed by atoms with van der Waals surface area (Å²) in [6.07, 6.45) is 0. The molecule has 4 heteroatoms. The van der Waals surface area contributed by atoms with Crippen molar-refractivity contribution in [2.45, 2.75) is 0 Å². The highest BCUT2D eigenvalue weighted by Gasteiger charge is 2.07. The Balaban J connectivity index is 2.40. The molecular formula is C12H8BBrO2. The zero-order valence-corrected chi connectivity index (χ0v) is 9.99. The molecule has 2 nitrogen and oxygen atoms in total. The fourth-order valence-electron chi connectivity index (χ4n) is 1.89. The third-order valence-electron chi connectivity index (χ3n) is 2.68. The zero-order chi connectivity index (χ0) is 11.1. The smallest absolute Gasteiger partial charge is 0.304 e. The average molecular weight is 275 g/mol. The molecule has 0 fully saturated rings. The van der Waals surface area contributed by atoms with Crippen LogP contribution in [0.25, 0.3) is 21.9 Å². The molecule has 2 aromatic carbocycles. The standard InChI is InChI=1S/C12H8BBrO2/c14-8-2-4-10-9-3-1-7(13-15)5-11(9)16-12(10)6-8/h1-6,13,15H. The fraction of sp³-hybridized carbons (Fsp3) is 0. The molecule has 1 heterocycles. The van der Waals surface area contributed by atoms with E-state index in [2.05, 4.69) is 15.9 Å². The van der Waals surface area contributed by atoms with Crippen LogP contribution in [-0.2, 0) is 0 Å². The van der Waals surface area contributed by atoms with Crippen molar-refractivity contribution < 1.29 is 9.44 Å². The summed E-state index contributed by atoms with van der Waals surface area (Å²) in [6.45, 7) is 0. The summed E-state index contributed by atoms with van der Waals surface area (Å²) in [5.74, 6) is 0. The van der Waals surface area contributed by atoms with Crippen LogP contribution in [0, 0.1) is 0 Å². The first kappa shape index (κ1) is 9.93. The minimum Gasteiger partial charge on any atom is -0.456 e. The van der Waals surface area contributed by atoms with Crippen molar-refractivity contribution in [3.63, 3.8) is 0 Å². The SMILES string of the molecule is OBc1ccc2c(c1)oc1cc(Br)ccc12. The van der Waals surface area contributed by atoms with Crippen LogP contribution in [0.1, 0.15) is 0 Å². The fourth-order valence-corrected chi connectivity index (χ4v) is 2.23. The first-order valence-electron chi connectivity index (χ1n) is 4.99. The van der Waals surface area contributed by atoms with Gasteiger partial charge in [0, 0.05) is 15.2 Å². The van der Waals surface area contributed by atoms with Crippen LogP contribution in [0.2, 0.25) is 0 Å². The van der Waals surface area contributed by atoms with Crippen molar-refractivity contribution in [1.82, 2.24) is 0 Å². The molecular weight excluding hydrogens is 267 g/mol. The maximum atomic E-state index is 9.07. The summed E-state index contributed by atoms with van der Waals surface area (Å²) in [5, 5.41) is 11.2. The normalized spacial score (nSPS) is 11.1. The van der Waals surface area contributed by atoms with E-state index < -0.39 is 0 Å². The molecule has 0 saturated carbocycles. The second-order valence-corrected chi connectivity index (χ2v) is 4.65. The van der Waals surface area contributed by atoms with Gasteiger partial charge in [-0.3, -0.25) is 0 Å². The van der Waals surface area contributed by atoms with Gasteiger partial charge >= 0.3 is 7.48 Å². The molecule has 0 saturated heterocycles. The molecule has 0 atom stereocenters. The molecule has 0 aliphatic carbocycles. The van der Waals surface area contributed by atoms with Gasteiger partial charge in [-0.25, -0.2) is 0 Å². The lowest BCUT2D eigenvalue weighted by atomic mass is 9.88. The molecule has 0 bridgehead atoms. The van der Waals surface area contributed by atoms with Crippen LogP contribution in [-0.4, -0.2) is 12.5 Å². The highest BCUT2D eigenvalue weighted by Crippen LogP contribution is 2.29. The van der Waals surface area contributed by atoms with Crippen LogP contribution in [0.15, 0.2) is 45.3 Å². The van der Waals surface area contributed by atoms with Crippen molar-refractivity contribution in [2.24, 2.45) is 0 Å². The Morgan fingerprint density at radius 1 is 1.00 bits per heavy atom. The van der Waals surface area contributed by atoms with E-state index in [0.29, 0.717) is 0 Å². The van der Waals surface area contributed by atoms with Gasteiger partial charge in [-0.15, -0.1) is 0 Å². The first-order chi connectivity index (χ1) is 7.78. The van der Waals surface area contributed by atoms with Crippen LogP contribution in [0.3, 0.4) is 0 Å². The maximum absolute atomic E-state index is 9.07. The van der Waals surface area contributed by atoms with Gasteiger partial charge in [0.1, 0.15) is 11.2 Å². The summed E-state index contributed by atoms with van der Waals surface area (Å²) in [6, 6.07) is 11.8. The molecule has 0 amide bonds. The lowest BCUT2D eigenvalue weighted by Gasteiger charge is -1.93. The monoisotopic (exact) mass is 274 g/mol. The Bertz CT molecular complexity index is 675. The van der Waals surface area contributed by atoms with Crippen molar-refractivity contribution >= 4 is 50.8 Å². The van der Waals surface area contributed by atoms with Gasteiger partial charge in [0.15, 0.2) is 0 Å². The molecule has 0 spiro atoms. The molecule has 0 radical (unpaired) electrons. The van der Waals surface area contributed by atoms with E-state index >= 15 is 0 Å². The quantitative estimate of drug-likeness (QED) is 0.691. The van der Waals surface area contributed by atoms with E-state index in [-0.39, 0.29) is 7.48 Å². The highest BCUT2D eigenvalue weighted by atomic mass is 79.9. The summed E-state index contributed by atoms with van der Waals surface area (Å²) < 4.78 is 6.74. The van der Waals surface area contributed by atoms with Gasteiger partial charge in [0.05, 0.1) is 0 Å². The number of halogens is 1. The first-order valence-corrected chi connectivity index (χ1v) is 5.79. The number of fused-ring (bicyclic) bond motifs is 3. The van der Waals surface area contributed by atoms with Crippen molar-refractivity contribution in [2.75, 3.05) is 0 Å². The number of rotatable bonds is 1. The van der Waals surface area contributed by atoms with Crippen molar-refractivity contribution in [3.05, 3.63) is 40.9 Å². The third kappa shape index (κ3) is 1.46. The summed E-state index contributed by atoms with van der Waals surface area (Å²) in [4.78, 5) is 0. The minimum atomic E-state index is 0.0384. The second-order valence-electron chi connectivity index (χ2n) is 3.73. The number of hydrogen-bond donors (Lipinski definition) is 1. The Hall–Kier alpha value is -1.26. The predicted octanol–water partition coefficient (Wildman–Crippen LogP) is 2.32. The van der Waals surface area contributed by atoms with E-state index in [1.807, 2.05) is 36.4 Å². The lowest BCUT2D eigenvalue weighted by Crippen LogP contribution is -2.11.